The minimum atomic E-state index is 0.275. The van der Waals surface area contributed by atoms with Gasteiger partial charge in [0.05, 0.1) is 17.6 Å². The normalized spacial score (nSPS) is 11.0. The van der Waals surface area contributed by atoms with E-state index < -0.39 is 0 Å². The van der Waals surface area contributed by atoms with Gasteiger partial charge in [-0.1, -0.05) is 38.1 Å². The number of phenols is 1. The topological polar surface area (TPSA) is 38.1 Å². The molecule has 0 atom stereocenters. The van der Waals surface area contributed by atoms with Crippen molar-refractivity contribution in [2.24, 2.45) is 0 Å². The number of benzene rings is 2. The van der Waals surface area contributed by atoms with E-state index in [1.807, 2.05) is 53.2 Å². The van der Waals surface area contributed by atoms with Gasteiger partial charge >= 0.3 is 0 Å². The Morgan fingerprint density at radius 1 is 1.00 bits per heavy atom. The van der Waals surface area contributed by atoms with Gasteiger partial charge < -0.3 is 5.11 Å². The first-order chi connectivity index (χ1) is 10.2. The van der Waals surface area contributed by atoms with Gasteiger partial charge in [0.15, 0.2) is 0 Å². The first kappa shape index (κ1) is 13.4. The summed E-state index contributed by atoms with van der Waals surface area (Å²) in [6, 6.07) is 17.6. The lowest BCUT2D eigenvalue weighted by Gasteiger charge is -2.12. The summed E-state index contributed by atoms with van der Waals surface area (Å²) in [6.45, 7) is 4.29. The molecule has 3 rings (SSSR count). The average Bonchev–Trinajstić information content (AvgIpc) is 2.97. The van der Waals surface area contributed by atoms with Crippen LogP contribution in [0.5, 0.6) is 5.75 Å². The molecule has 0 saturated carbocycles. The molecule has 1 aromatic heterocycles. The molecule has 0 aliphatic rings. The summed E-state index contributed by atoms with van der Waals surface area (Å²) in [5.41, 5.74) is 3.87. The number of para-hydroxylation sites is 1. The molecule has 0 unspecified atom stereocenters. The highest BCUT2D eigenvalue weighted by Crippen LogP contribution is 2.33. The lowest BCUT2D eigenvalue weighted by molar-refractivity contribution is 0.476. The van der Waals surface area contributed by atoms with Gasteiger partial charge in [-0.15, -0.1) is 0 Å². The Morgan fingerprint density at radius 2 is 1.76 bits per heavy atom. The van der Waals surface area contributed by atoms with Crippen LogP contribution in [-0.2, 0) is 0 Å². The van der Waals surface area contributed by atoms with Crippen LogP contribution in [0.15, 0.2) is 60.8 Å². The second-order valence-electron chi connectivity index (χ2n) is 5.40. The smallest absolute Gasteiger partial charge is 0.124 e. The molecule has 3 nitrogen and oxygen atoms in total. The standard InChI is InChI=1S/C18H18N2O/c1-13(2)14-8-9-18(21)16(12-14)17-10-11-19-20(17)15-6-4-3-5-7-15/h3-13,21H,1-2H3. The Morgan fingerprint density at radius 3 is 2.48 bits per heavy atom. The first-order valence-corrected chi connectivity index (χ1v) is 7.09. The van der Waals surface area contributed by atoms with Crippen LogP contribution < -0.4 is 0 Å². The van der Waals surface area contributed by atoms with Crippen LogP contribution in [-0.4, -0.2) is 14.9 Å². The van der Waals surface area contributed by atoms with Gasteiger partial charge in [0.2, 0.25) is 0 Å². The van der Waals surface area contributed by atoms with Gasteiger partial charge in [0.25, 0.3) is 0 Å². The summed E-state index contributed by atoms with van der Waals surface area (Å²) in [4.78, 5) is 0. The van der Waals surface area contributed by atoms with Crippen molar-refractivity contribution in [2.45, 2.75) is 19.8 Å². The van der Waals surface area contributed by atoms with Gasteiger partial charge in [0.1, 0.15) is 5.75 Å². The fraction of sp³-hybridized carbons (Fsp3) is 0.167. The number of nitrogens with zero attached hydrogens (tertiary/aromatic N) is 2. The third kappa shape index (κ3) is 2.55. The molecule has 0 amide bonds. The Bertz CT molecular complexity index is 745. The SMILES string of the molecule is CC(C)c1ccc(O)c(-c2ccnn2-c2ccccc2)c1. The number of aromatic nitrogens is 2. The van der Waals surface area contributed by atoms with Gasteiger partial charge in [-0.05, 0) is 41.8 Å². The van der Waals surface area contributed by atoms with Gasteiger partial charge in [0, 0.05) is 5.56 Å². The fourth-order valence-corrected chi connectivity index (χ4v) is 2.40. The number of aromatic hydroxyl groups is 1. The highest BCUT2D eigenvalue weighted by molar-refractivity contribution is 5.69. The van der Waals surface area contributed by atoms with E-state index in [9.17, 15) is 5.11 Å². The maximum atomic E-state index is 10.2. The Hall–Kier alpha value is -2.55. The number of hydrogen-bond donors (Lipinski definition) is 1. The van der Waals surface area contributed by atoms with E-state index in [1.165, 1.54) is 5.56 Å². The van der Waals surface area contributed by atoms with E-state index in [0.29, 0.717) is 5.92 Å². The van der Waals surface area contributed by atoms with Crippen LogP contribution in [0.2, 0.25) is 0 Å². The average molecular weight is 278 g/mol. The van der Waals surface area contributed by atoms with Crippen LogP contribution >= 0.6 is 0 Å². The first-order valence-electron chi connectivity index (χ1n) is 7.09. The minimum Gasteiger partial charge on any atom is -0.507 e. The van der Waals surface area contributed by atoms with Crippen molar-refractivity contribution in [3.63, 3.8) is 0 Å². The lowest BCUT2D eigenvalue weighted by Crippen LogP contribution is -1.99. The molecule has 106 valence electrons. The van der Waals surface area contributed by atoms with Gasteiger partial charge in [-0.25, -0.2) is 4.68 Å². The van der Waals surface area contributed by atoms with Crippen LogP contribution in [0.1, 0.15) is 25.3 Å². The van der Waals surface area contributed by atoms with Crippen LogP contribution in [0.3, 0.4) is 0 Å². The summed E-state index contributed by atoms with van der Waals surface area (Å²) in [5, 5.41) is 14.6. The molecular formula is C18H18N2O. The number of hydrogen-bond acceptors (Lipinski definition) is 2. The molecule has 0 radical (unpaired) electrons. The molecule has 3 aromatic rings. The zero-order valence-electron chi connectivity index (χ0n) is 12.2. The molecule has 0 aliphatic carbocycles. The van der Waals surface area contributed by atoms with Crippen LogP contribution in [0.4, 0.5) is 0 Å². The van der Waals surface area contributed by atoms with Gasteiger partial charge in [-0.3, -0.25) is 0 Å². The Balaban J connectivity index is 2.14. The van der Waals surface area contributed by atoms with Gasteiger partial charge in [-0.2, -0.15) is 5.10 Å². The fourth-order valence-electron chi connectivity index (χ4n) is 2.40. The third-order valence-corrected chi connectivity index (χ3v) is 3.61. The summed E-state index contributed by atoms with van der Waals surface area (Å²) in [5.74, 6) is 0.689. The molecule has 2 aromatic carbocycles. The zero-order valence-corrected chi connectivity index (χ0v) is 12.2. The van der Waals surface area contributed by atoms with Crippen molar-refractivity contribution in [1.82, 2.24) is 9.78 Å². The molecule has 1 heterocycles. The molecular weight excluding hydrogens is 260 g/mol. The molecule has 0 spiro atoms. The van der Waals surface area contributed by atoms with E-state index in [1.54, 1.807) is 12.3 Å². The summed E-state index contributed by atoms with van der Waals surface area (Å²) in [6.07, 6.45) is 1.75. The predicted octanol–water partition coefficient (Wildman–Crippen LogP) is 4.37. The van der Waals surface area contributed by atoms with Crippen molar-refractivity contribution in [3.8, 4) is 22.7 Å². The summed E-state index contributed by atoms with van der Waals surface area (Å²) in [7, 11) is 0. The van der Waals surface area contributed by atoms with E-state index >= 15 is 0 Å². The summed E-state index contributed by atoms with van der Waals surface area (Å²) < 4.78 is 1.85. The molecule has 0 saturated heterocycles. The molecule has 21 heavy (non-hydrogen) atoms. The van der Waals surface area contributed by atoms with Crippen molar-refractivity contribution in [3.05, 3.63) is 66.4 Å². The van der Waals surface area contributed by atoms with Crippen LogP contribution in [0.25, 0.3) is 16.9 Å². The predicted molar refractivity (Wildman–Crippen MR) is 84.8 cm³/mol. The minimum absolute atomic E-state index is 0.275. The molecule has 0 fully saturated rings. The monoisotopic (exact) mass is 278 g/mol. The quantitative estimate of drug-likeness (QED) is 0.772. The van der Waals surface area contributed by atoms with Crippen molar-refractivity contribution < 1.29 is 5.11 Å². The largest absolute Gasteiger partial charge is 0.507 e. The third-order valence-electron chi connectivity index (χ3n) is 3.61. The maximum Gasteiger partial charge on any atom is 0.124 e. The highest BCUT2D eigenvalue weighted by Gasteiger charge is 2.13. The van der Waals surface area contributed by atoms with Crippen molar-refractivity contribution in [2.75, 3.05) is 0 Å². The second kappa shape index (κ2) is 5.44. The van der Waals surface area contributed by atoms with Crippen molar-refractivity contribution in [1.29, 1.82) is 0 Å². The molecule has 3 heteroatoms. The van der Waals surface area contributed by atoms with E-state index in [4.69, 9.17) is 0 Å². The lowest BCUT2D eigenvalue weighted by atomic mass is 9.99. The number of rotatable bonds is 3. The maximum absolute atomic E-state index is 10.2. The number of phenolic OH excluding ortho intramolecular Hbond substituents is 1. The van der Waals surface area contributed by atoms with E-state index in [0.717, 1.165) is 16.9 Å². The molecule has 1 N–H and O–H groups in total. The van der Waals surface area contributed by atoms with Crippen molar-refractivity contribution >= 4 is 0 Å². The summed E-state index contributed by atoms with van der Waals surface area (Å²) >= 11 is 0. The molecule has 0 aliphatic heterocycles. The Labute approximate surface area is 124 Å². The van der Waals surface area contributed by atoms with Crippen LogP contribution in [0, 0.1) is 0 Å². The Kier molecular flexibility index (Phi) is 3.48. The zero-order chi connectivity index (χ0) is 14.8. The van der Waals surface area contributed by atoms with E-state index in [2.05, 4.69) is 18.9 Å². The highest BCUT2D eigenvalue weighted by atomic mass is 16.3. The second-order valence-corrected chi connectivity index (χ2v) is 5.40. The van der Waals surface area contributed by atoms with E-state index in [-0.39, 0.29) is 5.75 Å². The molecule has 0 bridgehead atoms.